The van der Waals surface area contributed by atoms with Gasteiger partial charge in [-0.3, -0.25) is 0 Å². The van der Waals surface area contributed by atoms with Crippen LogP contribution in [0.3, 0.4) is 0 Å². The van der Waals surface area contributed by atoms with E-state index in [1.165, 1.54) is 12.1 Å². The molecule has 1 unspecified atom stereocenters. The van der Waals surface area contributed by atoms with Gasteiger partial charge in [-0.1, -0.05) is 6.07 Å². The molecule has 1 N–H and O–H groups in total. The molecule has 1 aliphatic heterocycles. The van der Waals surface area contributed by atoms with Gasteiger partial charge in [-0.25, -0.2) is 13.8 Å². The molecule has 0 radical (unpaired) electrons. The Morgan fingerprint density at radius 1 is 1.44 bits per heavy atom. The number of nitrogens with one attached hydrogen (secondary N) is 1. The van der Waals surface area contributed by atoms with Gasteiger partial charge in [0.25, 0.3) is 5.92 Å². The van der Waals surface area contributed by atoms with E-state index in [0.29, 0.717) is 25.0 Å². The van der Waals surface area contributed by atoms with Crippen LogP contribution in [0.4, 0.5) is 8.78 Å². The summed E-state index contributed by atoms with van der Waals surface area (Å²) >= 11 is 0. The Hall–Kier alpha value is -1.49. The number of nitrogens with zero attached hydrogens (tertiary/aromatic N) is 2. The molecule has 1 saturated heterocycles. The Balaban J connectivity index is 2.02. The SMILES string of the molecule is Cn1cnc2cc(C(F)(F)C3CCNC3)ccc21. The molecule has 1 aliphatic rings. The molecule has 96 valence electrons. The van der Waals surface area contributed by atoms with Crippen LogP contribution in [0, 0.1) is 5.92 Å². The molecule has 2 heterocycles. The van der Waals surface area contributed by atoms with Crippen molar-refractivity contribution >= 4 is 11.0 Å². The number of aryl methyl sites for hydroxylation is 1. The summed E-state index contributed by atoms with van der Waals surface area (Å²) in [6, 6.07) is 4.74. The minimum atomic E-state index is -2.78. The number of alkyl halides is 2. The maximum absolute atomic E-state index is 14.3. The summed E-state index contributed by atoms with van der Waals surface area (Å²) in [5.74, 6) is -3.39. The summed E-state index contributed by atoms with van der Waals surface area (Å²) < 4.78 is 30.5. The highest BCUT2D eigenvalue weighted by molar-refractivity contribution is 5.76. The first-order valence-corrected chi connectivity index (χ1v) is 6.09. The first-order chi connectivity index (χ1) is 8.59. The van der Waals surface area contributed by atoms with E-state index in [1.807, 2.05) is 11.6 Å². The summed E-state index contributed by atoms with van der Waals surface area (Å²) in [6.45, 7) is 1.05. The zero-order chi connectivity index (χ0) is 12.8. The molecular formula is C13H15F2N3. The average molecular weight is 251 g/mol. The van der Waals surface area contributed by atoms with Gasteiger partial charge in [-0.05, 0) is 25.1 Å². The third-order valence-electron chi connectivity index (χ3n) is 3.68. The molecule has 0 spiro atoms. The summed E-state index contributed by atoms with van der Waals surface area (Å²) in [4.78, 5) is 4.13. The summed E-state index contributed by atoms with van der Waals surface area (Å²) in [5, 5.41) is 2.99. The summed E-state index contributed by atoms with van der Waals surface area (Å²) in [7, 11) is 1.86. The molecule has 0 amide bonds. The number of hydrogen-bond acceptors (Lipinski definition) is 2. The van der Waals surface area contributed by atoms with Crippen LogP contribution in [0.1, 0.15) is 12.0 Å². The molecule has 1 fully saturated rings. The normalized spacial score (nSPS) is 20.7. The molecular weight excluding hydrogens is 236 g/mol. The van der Waals surface area contributed by atoms with Gasteiger partial charge >= 0.3 is 0 Å². The molecule has 0 bridgehead atoms. The number of aromatic nitrogens is 2. The maximum Gasteiger partial charge on any atom is 0.277 e. The maximum atomic E-state index is 14.3. The Bertz CT molecular complexity index is 571. The number of rotatable bonds is 2. The van der Waals surface area contributed by atoms with Crippen molar-refractivity contribution in [1.29, 1.82) is 0 Å². The van der Waals surface area contributed by atoms with Crippen molar-refractivity contribution in [3.63, 3.8) is 0 Å². The van der Waals surface area contributed by atoms with Crippen LogP contribution in [-0.2, 0) is 13.0 Å². The molecule has 1 aromatic carbocycles. The van der Waals surface area contributed by atoms with Crippen LogP contribution in [0.15, 0.2) is 24.5 Å². The lowest BCUT2D eigenvalue weighted by atomic mass is 9.93. The van der Waals surface area contributed by atoms with Crippen molar-refractivity contribution in [2.75, 3.05) is 13.1 Å². The van der Waals surface area contributed by atoms with Crippen molar-refractivity contribution in [2.45, 2.75) is 12.3 Å². The molecule has 18 heavy (non-hydrogen) atoms. The Kier molecular flexibility index (Phi) is 2.59. The average Bonchev–Trinajstić information content (AvgIpc) is 2.99. The van der Waals surface area contributed by atoms with Crippen molar-refractivity contribution in [1.82, 2.24) is 14.9 Å². The molecule has 3 rings (SSSR count). The van der Waals surface area contributed by atoms with Crippen molar-refractivity contribution in [2.24, 2.45) is 13.0 Å². The van der Waals surface area contributed by atoms with Crippen LogP contribution in [-0.4, -0.2) is 22.6 Å². The highest BCUT2D eigenvalue weighted by Gasteiger charge is 2.42. The zero-order valence-electron chi connectivity index (χ0n) is 10.2. The van der Waals surface area contributed by atoms with Gasteiger partial charge < -0.3 is 9.88 Å². The fourth-order valence-electron chi connectivity index (χ4n) is 2.54. The topological polar surface area (TPSA) is 29.9 Å². The van der Waals surface area contributed by atoms with Crippen LogP contribution >= 0.6 is 0 Å². The van der Waals surface area contributed by atoms with Crippen molar-refractivity contribution in [3.8, 4) is 0 Å². The van der Waals surface area contributed by atoms with Gasteiger partial charge in [-0.2, -0.15) is 0 Å². The van der Waals surface area contributed by atoms with Crippen LogP contribution in [0.2, 0.25) is 0 Å². The lowest BCUT2D eigenvalue weighted by Gasteiger charge is -2.22. The molecule has 5 heteroatoms. The van der Waals surface area contributed by atoms with E-state index in [0.717, 1.165) is 5.52 Å². The van der Waals surface area contributed by atoms with E-state index in [-0.39, 0.29) is 5.56 Å². The van der Waals surface area contributed by atoms with E-state index in [2.05, 4.69) is 10.3 Å². The highest BCUT2D eigenvalue weighted by Crippen LogP contribution is 2.39. The van der Waals surface area contributed by atoms with Gasteiger partial charge in [0.15, 0.2) is 0 Å². The highest BCUT2D eigenvalue weighted by atomic mass is 19.3. The number of fused-ring (bicyclic) bond motifs is 1. The summed E-state index contributed by atoms with van der Waals surface area (Å²) in [5.41, 5.74) is 1.57. The standard InChI is InChI=1S/C13H15F2N3/c1-18-8-17-11-6-9(2-3-12(11)18)13(14,15)10-4-5-16-7-10/h2-3,6,8,10,16H,4-5,7H2,1H3. The summed E-state index contributed by atoms with van der Waals surface area (Å²) in [6.07, 6.45) is 2.16. The fourth-order valence-corrected chi connectivity index (χ4v) is 2.54. The third kappa shape index (κ3) is 1.70. The second-order valence-electron chi connectivity index (χ2n) is 4.87. The fraction of sp³-hybridized carbons (Fsp3) is 0.462. The monoisotopic (exact) mass is 251 g/mol. The molecule has 0 saturated carbocycles. The van der Waals surface area contributed by atoms with Gasteiger partial charge in [0, 0.05) is 25.1 Å². The minimum Gasteiger partial charge on any atom is -0.334 e. The van der Waals surface area contributed by atoms with Crippen LogP contribution in [0.5, 0.6) is 0 Å². The van der Waals surface area contributed by atoms with Crippen LogP contribution < -0.4 is 5.32 Å². The second kappa shape index (κ2) is 4.02. The lowest BCUT2D eigenvalue weighted by molar-refractivity contribution is -0.0574. The van der Waals surface area contributed by atoms with E-state index in [9.17, 15) is 8.78 Å². The van der Waals surface area contributed by atoms with E-state index >= 15 is 0 Å². The number of hydrogen-bond donors (Lipinski definition) is 1. The largest absolute Gasteiger partial charge is 0.334 e. The first kappa shape index (κ1) is 11.6. The lowest BCUT2D eigenvalue weighted by Crippen LogP contribution is -2.27. The van der Waals surface area contributed by atoms with Crippen LogP contribution in [0.25, 0.3) is 11.0 Å². The quantitative estimate of drug-likeness (QED) is 0.887. The Labute approximate surface area is 104 Å². The first-order valence-electron chi connectivity index (χ1n) is 6.09. The number of benzene rings is 1. The molecule has 3 nitrogen and oxygen atoms in total. The van der Waals surface area contributed by atoms with Crippen molar-refractivity contribution < 1.29 is 8.78 Å². The third-order valence-corrected chi connectivity index (χ3v) is 3.68. The Morgan fingerprint density at radius 3 is 3.00 bits per heavy atom. The van der Waals surface area contributed by atoms with Gasteiger partial charge in [0.1, 0.15) is 0 Å². The van der Waals surface area contributed by atoms with Crippen molar-refractivity contribution in [3.05, 3.63) is 30.1 Å². The smallest absolute Gasteiger partial charge is 0.277 e. The number of halogens is 2. The van der Waals surface area contributed by atoms with Gasteiger partial charge in [-0.15, -0.1) is 0 Å². The predicted octanol–water partition coefficient (Wildman–Crippen LogP) is 2.27. The second-order valence-corrected chi connectivity index (χ2v) is 4.87. The van der Waals surface area contributed by atoms with E-state index in [4.69, 9.17) is 0 Å². The van der Waals surface area contributed by atoms with E-state index in [1.54, 1.807) is 12.4 Å². The number of imidazole rings is 1. The Morgan fingerprint density at radius 2 is 2.28 bits per heavy atom. The predicted molar refractivity (Wildman–Crippen MR) is 65.6 cm³/mol. The van der Waals surface area contributed by atoms with Gasteiger partial charge in [0.05, 0.1) is 17.4 Å². The molecule has 1 atom stereocenters. The molecule has 2 aromatic rings. The minimum absolute atomic E-state index is 0.0717. The molecule has 0 aliphatic carbocycles. The van der Waals surface area contributed by atoms with E-state index < -0.39 is 11.8 Å². The van der Waals surface area contributed by atoms with Gasteiger partial charge in [0.2, 0.25) is 0 Å². The molecule has 1 aromatic heterocycles. The zero-order valence-corrected chi connectivity index (χ0v) is 10.2.